The lowest BCUT2D eigenvalue weighted by molar-refractivity contribution is -0.384. The monoisotopic (exact) mass is 479 g/mol. The topological polar surface area (TPSA) is 101 Å². The Morgan fingerprint density at radius 3 is 2.62 bits per heavy atom. The highest BCUT2D eigenvalue weighted by molar-refractivity contribution is 7.13. The molecular formula is C24H25N5O4S. The van der Waals surface area contributed by atoms with Gasteiger partial charge in [0.05, 0.1) is 17.7 Å². The predicted octanol–water partition coefficient (Wildman–Crippen LogP) is 3.93. The van der Waals surface area contributed by atoms with Crippen molar-refractivity contribution >= 4 is 34.3 Å². The summed E-state index contributed by atoms with van der Waals surface area (Å²) in [6.45, 7) is 3.63. The summed E-state index contributed by atoms with van der Waals surface area (Å²) in [5.41, 5.74) is 4.27. The lowest BCUT2D eigenvalue weighted by Gasteiger charge is -2.36. The first-order valence-corrected chi connectivity index (χ1v) is 12.1. The van der Waals surface area contributed by atoms with Crippen molar-refractivity contribution < 1.29 is 14.5 Å². The van der Waals surface area contributed by atoms with Gasteiger partial charge in [-0.25, -0.2) is 4.98 Å². The van der Waals surface area contributed by atoms with Gasteiger partial charge in [0.15, 0.2) is 0 Å². The van der Waals surface area contributed by atoms with Crippen molar-refractivity contribution in [2.45, 2.75) is 19.4 Å². The Balaban J connectivity index is 1.25. The second kappa shape index (κ2) is 9.40. The summed E-state index contributed by atoms with van der Waals surface area (Å²) in [6.07, 6.45) is 0.890. The Hall–Kier alpha value is -3.50. The Morgan fingerprint density at radius 2 is 1.91 bits per heavy atom. The van der Waals surface area contributed by atoms with Gasteiger partial charge in [0.2, 0.25) is 5.91 Å². The Kier molecular flexibility index (Phi) is 6.16. The first-order valence-electron chi connectivity index (χ1n) is 11.2. The number of ether oxygens (including phenoxy) is 1. The third kappa shape index (κ3) is 4.59. The number of carbonyl (C=O) groups excluding carboxylic acids is 1. The van der Waals surface area contributed by atoms with Crippen LogP contribution in [0.25, 0.3) is 10.6 Å². The third-order valence-electron chi connectivity index (χ3n) is 6.28. The van der Waals surface area contributed by atoms with Crippen molar-refractivity contribution in [1.29, 1.82) is 0 Å². The van der Waals surface area contributed by atoms with Crippen LogP contribution in [0, 0.1) is 10.1 Å². The molecule has 1 saturated heterocycles. The summed E-state index contributed by atoms with van der Waals surface area (Å²) < 4.78 is 5.22. The molecule has 2 aromatic carbocycles. The fourth-order valence-corrected chi connectivity index (χ4v) is 5.24. The number of fused-ring (bicyclic) bond motifs is 1. The van der Waals surface area contributed by atoms with E-state index in [0.29, 0.717) is 37.3 Å². The number of nitrogens with zero attached hydrogens (tertiary/aromatic N) is 4. The molecule has 0 radical (unpaired) electrons. The van der Waals surface area contributed by atoms with Gasteiger partial charge in [-0.2, -0.15) is 0 Å². The summed E-state index contributed by atoms with van der Waals surface area (Å²) in [6, 6.07) is 11.3. The maximum absolute atomic E-state index is 11.8. The normalized spacial score (nSPS) is 16.1. The van der Waals surface area contributed by atoms with E-state index in [2.05, 4.69) is 15.6 Å². The van der Waals surface area contributed by atoms with Gasteiger partial charge in [-0.05, 0) is 42.3 Å². The van der Waals surface area contributed by atoms with Crippen molar-refractivity contribution in [1.82, 2.24) is 9.88 Å². The highest BCUT2D eigenvalue weighted by Crippen LogP contribution is 2.37. The zero-order chi connectivity index (χ0) is 23.7. The molecule has 2 aliphatic heterocycles. The Bertz CT molecular complexity index is 1220. The van der Waals surface area contributed by atoms with E-state index < -0.39 is 0 Å². The zero-order valence-electron chi connectivity index (χ0n) is 18.8. The fourth-order valence-electron chi connectivity index (χ4n) is 4.43. The standard InChI is InChI=1S/C24H25N5O4S/c1-33-19-5-2-16(3-6-19)24-25-18(15-34-24)14-27-8-10-28(11-9-27)21-13-20-17(4-7-23(30)26-20)12-22(21)29(31)32/h2-3,5-6,12-13,15H,4,7-11,14H2,1H3,(H,26,30). The molecular weight excluding hydrogens is 454 g/mol. The van der Waals surface area contributed by atoms with Gasteiger partial charge in [-0.1, -0.05) is 0 Å². The van der Waals surface area contributed by atoms with E-state index in [4.69, 9.17) is 9.72 Å². The van der Waals surface area contributed by atoms with E-state index in [1.807, 2.05) is 29.2 Å². The van der Waals surface area contributed by atoms with Gasteiger partial charge in [-0.3, -0.25) is 19.8 Å². The minimum atomic E-state index is -0.325. The average Bonchev–Trinajstić information content (AvgIpc) is 3.32. The number of rotatable bonds is 6. The molecule has 2 aliphatic rings. The van der Waals surface area contributed by atoms with E-state index in [0.717, 1.165) is 47.2 Å². The van der Waals surface area contributed by atoms with E-state index in [1.165, 1.54) is 0 Å². The molecule has 0 saturated carbocycles. The number of aromatic nitrogens is 1. The summed E-state index contributed by atoms with van der Waals surface area (Å²) >= 11 is 1.62. The third-order valence-corrected chi connectivity index (χ3v) is 7.22. The van der Waals surface area contributed by atoms with Crippen LogP contribution in [-0.4, -0.2) is 54.0 Å². The maximum Gasteiger partial charge on any atom is 0.292 e. The molecule has 10 heteroatoms. The molecule has 3 heterocycles. The van der Waals surface area contributed by atoms with E-state index in [9.17, 15) is 14.9 Å². The van der Waals surface area contributed by atoms with Crippen molar-refractivity contribution in [3.63, 3.8) is 0 Å². The Morgan fingerprint density at radius 1 is 1.15 bits per heavy atom. The molecule has 0 atom stereocenters. The Labute approximate surface area is 201 Å². The molecule has 0 unspecified atom stereocenters. The minimum Gasteiger partial charge on any atom is -0.497 e. The van der Waals surface area contributed by atoms with Crippen LogP contribution in [0.4, 0.5) is 17.1 Å². The van der Waals surface area contributed by atoms with Crippen LogP contribution in [0.5, 0.6) is 5.75 Å². The van der Waals surface area contributed by atoms with E-state index in [-0.39, 0.29) is 16.5 Å². The maximum atomic E-state index is 11.8. The predicted molar refractivity (Wildman–Crippen MR) is 132 cm³/mol. The SMILES string of the molecule is COc1ccc(-c2nc(CN3CCN(c4cc5c(cc4[N+](=O)[O-])CCC(=O)N5)CC3)cs2)cc1. The van der Waals surface area contributed by atoms with Crippen LogP contribution in [0.2, 0.25) is 0 Å². The van der Waals surface area contributed by atoms with Gasteiger partial charge in [-0.15, -0.1) is 11.3 Å². The van der Waals surface area contributed by atoms with E-state index >= 15 is 0 Å². The second-order valence-corrected chi connectivity index (χ2v) is 9.30. The molecule has 0 aliphatic carbocycles. The molecule has 1 amide bonds. The first kappa shape index (κ1) is 22.3. The van der Waals surface area contributed by atoms with Crippen molar-refractivity contribution in [2.75, 3.05) is 43.5 Å². The van der Waals surface area contributed by atoms with Crippen LogP contribution in [0.1, 0.15) is 17.7 Å². The number of nitro groups is 1. The number of thiazole rings is 1. The number of piperazine rings is 1. The number of nitrogens with one attached hydrogen (secondary N) is 1. The molecule has 5 rings (SSSR count). The largest absolute Gasteiger partial charge is 0.497 e. The molecule has 1 N–H and O–H groups in total. The van der Waals surface area contributed by atoms with Gasteiger partial charge in [0.25, 0.3) is 5.69 Å². The lowest BCUT2D eigenvalue weighted by atomic mass is 10.0. The molecule has 0 spiro atoms. The first-order chi connectivity index (χ1) is 16.5. The molecule has 1 fully saturated rings. The summed E-state index contributed by atoms with van der Waals surface area (Å²) in [7, 11) is 1.65. The van der Waals surface area contributed by atoms with Crippen LogP contribution in [0.3, 0.4) is 0 Å². The van der Waals surface area contributed by atoms with Crippen LogP contribution in [0.15, 0.2) is 41.8 Å². The highest BCUT2D eigenvalue weighted by atomic mass is 32.1. The molecule has 9 nitrogen and oxygen atoms in total. The quantitative estimate of drug-likeness (QED) is 0.422. The van der Waals surface area contributed by atoms with Crippen molar-refractivity contribution in [2.24, 2.45) is 0 Å². The van der Waals surface area contributed by atoms with Crippen LogP contribution < -0.4 is 15.0 Å². The zero-order valence-corrected chi connectivity index (χ0v) is 19.6. The van der Waals surface area contributed by atoms with Gasteiger partial charge >= 0.3 is 0 Å². The van der Waals surface area contributed by atoms with E-state index in [1.54, 1.807) is 30.6 Å². The number of methoxy groups -OCH3 is 1. The minimum absolute atomic E-state index is 0.0469. The van der Waals surface area contributed by atoms with Crippen LogP contribution >= 0.6 is 11.3 Å². The molecule has 176 valence electrons. The number of nitro benzene ring substituents is 1. The number of hydrogen-bond donors (Lipinski definition) is 1. The average molecular weight is 480 g/mol. The number of carbonyl (C=O) groups is 1. The second-order valence-electron chi connectivity index (χ2n) is 8.44. The van der Waals surface area contributed by atoms with Gasteiger partial charge < -0.3 is 15.0 Å². The fraction of sp³-hybridized carbons (Fsp3) is 0.333. The number of anilines is 2. The number of hydrogen-bond acceptors (Lipinski definition) is 8. The molecule has 34 heavy (non-hydrogen) atoms. The highest BCUT2D eigenvalue weighted by Gasteiger charge is 2.28. The molecule has 1 aromatic heterocycles. The van der Waals surface area contributed by atoms with Gasteiger partial charge in [0.1, 0.15) is 16.4 Å². The summed E-state index contributed by atoms with van der Waals surface area (Å²) in [5, 5.41) is 17.7. The van der Waals surface area contributed by atoms with Crippen molar-refractivity contribution in [3.05, 3.63) is 63.1 Å². The number of amides is 1. The van der Waals surface area contributed by atoms with Gasteiger partial charge in [0, 0.05) is 61.8 Å². The smallest absolute Gasteiger partial charge is 0.292 e. The molecule has 3 aromatic rings. The summed E-state index contributed by atoms with van der Waals surface area (Å²) in [5.74, 6) is 0.773. The number of aryl methyl sites for hydroxylation is 1. The van der Waals surface area contributed by atoms with Crippen LogP contribution in [-0.2, 0) is 17.8 Å². The van der Waals surface area contributed by atoms with Crippen molar-refractivity contribution in [3.8, 4) is 16.3 Å². The number of benzene rings is 2. The lowest BCUT2D eigenvalue weighted by Crippen LogP contribution is -2.46. The summed E-state index contributed by atoms with van der Waals surface area (Å²) in [4.78, 5) is 32.4. The molecule has 0 bridgehead atoms.